The first-order chi connectivity index (χ1) is 13.3. The van der Waals surface area contributed by atoms with Crippen LogP contribution in [0, 0.1) is 0 Å². The first kappa shape index (κ1) is 17.5. The maximum absolute atomic E-state index is 5.66. The zero-order chi connectivity index (χ0) is 18.5. The van der Waals surface area contributed by atoms with Crippen LogP contribution >= 0.6 is 12.2 Å². The molecule has 3 aromatic rings. The predicted molar refractivity (Wildman–Crippen MR) is 113 cm³/mol. The fourth-order valence-corrected chi connectivity index (χ4v) is 3.88. The zero-order valence-corrected chi connectivity index (χ0v) is 15.8. The molecule has 4 rings (SSSR count). The van der Waals surface area contributed by atoms with Crippen molar-refractivity contribution in [2.75, 3.05) is 18.4 Å². The van der Waals surface area contributed by atoms with Crippen LogP contribution in [0.5, 0.6) is 0 Å². The molecule has 5 nitrogen and oxygen atoms in total. The van der Waals surface area contributed by atoms with Gasteiger partial charge in [-0.05, 0) is 55.0 Å². The Bertz CT molecular complexity index is 851. The van der Waals surface area contributed by atoms with Crippen molar-refractivity contribution in [1.29, 1.82) is 0 Å². The molecule has 1 aliphatic heterocycles. The summed E-state index contributed by atoms with van der Waals surface area (Å²) in [4.78, 5) is 10.2. The Hall–Kier alpha value is -2.86. The molecular weight excluding hydrogens is 354 g/mol. The number of anilines is 1. The van der Waals surface area contributed by atoms with Crippen LogP contribution in [0.2, 0.25) is 0 Å². The van der Waals surface area contributed by atoms with Gasteiger partial charge in [0.15, 0.2) is 5.11 Å². The molecule has 3 heterocycles. The number of H-pyrrole nitrogens is 1. The van der Waals surface area contributed by atoms with E-state index >= 15 is 0 Å². The van der Waals surface area contributed by atoms with Crippen LogP contribution in [-0.4, -0.2) is 33.1 Å². The number of rotatable bonds is 7. The lowest BCUT2D eigenvalue weighted by molar-refractivity contribution is 0.311. The van der Waals surface area contributed by atoms with Crippen molar-refractivity contribution in [3.63, 3.8) is 0 Å². The average molecular weight is 378 g/mol. The van der Waals surface area contributed by atoms with E-state index in [9.17, 15) is 0 Å². The molecule has 2 atom stereocenters. The highest BCUT2D eigenvalue weighted by Gasteiger charge is 2.39. The molecular formula is C21H23N5S. The summed E-state index contributed by atoms with van der Waals surface area (Å²) in [6.45, 7) is 1.77. The number of nitrogens with one attached hydrogen (secondary N) is 3. The highest BCUT2D eigenvalue weighted by molar-refractivity contribution is 7.80. The lowest BCUT2D eigenvalue weighted by atomic mass is 10.0. The summed E-state index contributed by atoms with van der Waals surface area (Å²) in [5.41, 5.74) is 3.30. The smallest absolute Gasteiger partial charge is 0.170 e. The molecule has 0 spiro atoms. The predicted octanol–water partition coefficient (Wildman–Crippen LogP) is 3.88. The van der Waals surface area contributed by atoms with Gasteiger partial charge in [-0.25, -0.2) is 0 Å². The van der Waals surface area contributed by atoms with Gasteiger partial charge in [0.2, 0.25) is 0 Å². The summed E-state index contributed by atoms with van der Waals surface area (Å²) < 4.78 is 0. The summed E-state index contributed by atoms with van der Waals surface area (Å²) in [5, 5.41) is 7.72. The Morgan fingerprint density at radius 3 is 2.63 bits per heavy atom. The van der Waals surface area contributed by atoms with Crippen LogP contribution in [0.1, 0.15) is 29.9 Å². The lowest BCUT2D eigenvalue weighted by Crippen LogP contribution is -2.31. The number of thiocarbonyl (C=S) groups is 1. The molecule has 0 unspecified atom stereocenters. The Kier molecular flexibility index (Phi) is 5.34. The van der Waals surface area contributed by atoms with Crippen LogP contribution in [0.3, 0.4) is 0 Å². The van der Waals surface area contributed by atoms with Crippen molar-refractivity contribution in [3.8, 4) is 0 Å². The summed E-state index contributed by atoms with van der Waals surface area (Å²) in [5.74, 6) is 0. The van der Waals surface area contributed by atoms with Crippen molar-refractivity contribution < 1.29 is 0 Å². The second kappa shape index (κ2) is 8.22. The number of nitrogens with zero attached hydrogens (tertiary/aromatic N) is 2. The van der Waals surface area contributed by atoms with Crippen LogP contribution < -0.4 is 10.6 Å². The van der Waals surface area contributed by atoms with Crippen molar-refractivity contribution in [1.82, 2.24) is 20.2 Å². The fraction of sp³-hybridized carbons (Fsp3) is 0.238. The van der Waals surface area contributed by atoms with Crippen molar-refractivity contribution in [3.05, 3.63) is 84.4 Å². The van der Waals surface area contributed by atoms with Gasteiger partial charge in [0.1, 0.15) is 0 Å². The monoisotopic (exact) mass is 377 g/mol. The zero-order valence-electron chi connectivity index (χ0n) is 15.0. The lowest BCUT2D eigenvalue weighted by Gasteiger charge is -2.27. The first-order valence-electron chi connectivity index (χ1n) is 9.23. The van der Waals surface area contributed by atoms with E-state index in [0.29, 0.717) is 0 Å². The SMILES string of the molecule is S=C1N[C@H](c2ccccn2)[C@@H](c2ccc[nH]2)N1CCCNc1ccccc1. The maximum Gasteiger partial charge on any atom is 0.170 e. The molecule has 0 bridgehead atoms. The molecule has 0 saturated carbocycles. The minimum absolute atomic E-state index is 0.0411. The largest absolute Gasteiger partial charge is 0.385 e. The molecule has 3 N–H and O–H groups in total. The third kappa shape index (κ3) is 3.95. The first-order valence-corrected chi connectivity index (χ1v) is 9.64. The number of aromatic amines is 1. The van der Waals surface area contributed by atoms with Gasteiger partial charge in [-0.1, -0.05) is 24.3 Å². The molecule has 1 saturated heterocycles. The van der Waals surface area contributed by atoms with Gasteiger partial charge < -0.3 is 20.5 Å². The molecule has 0 amide bonds. The van der Waals surface area contributed by atoms with E-state index in [2.05, 4.69) is 49.8 Å². The van der Waals surface area contributed by atoms with E-state index in [4.69, 9.17) is 12.2 Å². The van der Waals surface area contributed by atoms with Gasteiger partial charge in [0, 0.05) is 36.9 Å². The van der Waals surface area contributed by atoms with Gasteiger partial charge in [-0.3, -0.25) is 4.98 Å². The Labute approximate surface area is 164 Å². The van der Waals surface area contributed by atoms with E-state index in [1.807, 2.05) is 48.8 Å². The maximum atomic E-state index is 5.66. The highest BCUT2D eigenvalue weighted by atomic mass is 32.1. The van der Waals surface area contributed by atoms with Crippen LogP contribution in [0.4, 0.5) is 5.69 Å². The number of aromatic nitrogens is 2. The van der Waals surface area contributed by atoms with E-state index in [1.165, 1.54) is 0 Å². The van der Waals surface area contributed by atoms with Gasteiger partial charge in [0.25, 0.3) is 0 Å². The average Bonchev–Trinajstić information content (AvgIpc) is 3.35. The van der Waals surface area contributed by atoms with E-state index in [-0.39, 0.29) is 12.1 Å². The second-order valence-corrected chi connectivity index (χ2v) is 6.98. The van der Waals surface area contributed by atoms with E-state index in [1.54, 1.807) is 0 Å². The topological polar surface area (TPSA) is 56.0 Å². The molecule has 6 heteroatoms. The summed E-state index contributed by atoms with van der Waals surface area (Å²) in [6, 6.07) is 20.6. The van der Waals surface area contributed by atoms with Crippen LogP contribution in [0.25, 0.3) is 0 Å². The molecule has 1 aliphatic rings. The minimum atomic E-state index is 0.0411. The van der Waals surface area contributed by atoms with Crippen molar-refractivity contribution >= 4 is 23.0 Å². The Morgan fingerprint density at radius 1 is 1.04 bits per heavy atom. The van der Waals surface area contributed by atoms with Gasteiger partial charge in [0.05, 0.1) is 17.8 Å². The highest BCUT2D eigenvalue weighted by Crippen LogP contribution is 2.37. The molecule has 138 valence electrons. The summed E-state index contributed by atoms with van der Waals surface area (Å²) in [7, 11) is 0. The molecule has 2 aromatic heterocycles. The summed E-state index contributed by atoms with van der Waals surface area (Å²) >= 11 is 5.66. The third-order valence-electron chi connectivity index (χ3n) is 4.82. The molecule has 27 heavy (non-hydrogen) atoms. The number of pyridine rings is 1. The van der Waals surface area contributed by atoms with Crippen LogP contribution in [0.15, 0.2) is 73.1 Å². The Balaban J connectivity index is 1.46. The number of para-hydroxylation sites is 1. The number of hydrogen-bond acceptors (Lipinski definition) is 3. The van der Waals surface area contributed by atoms with Crippen molar-refractivity contribution in [2.45, 2.75) is 18.5 Å². The minimum Gasteiger partial charge on any atom is -0.385 e. The second-order valence-electron chi connectivity index (χ2n) is 6.59. The van der Waals surface area contributed by atoms with Crippen LogP contribution in [-0.2, 0) is 0 Å². The molecule has 0 aliphatic carbocycles. The van der Waals surface area contributed by atoms with Gasteiger partial charge >= 0.3 is 0 Å². The molecule has 1 fully saturated rings. The number of hydrogen-bond donors (Lipinski definition) is 3. The van der Waals surface area contributed by atoms with E-state index in [0.717, 1.165) is 41.7 Å². The normalized spacial score (nSPS) is 19.1. The third-order valence-corrected chi connectivity index (χ3v) is 5.17. The molecule has 1 aromatic carbocycles. The van der Waals surface area contributed by atoms with E-state index < -0.39 is 0 Å². The van der Waals surface area contributed by atoms with Crippen molar-refractivity contribution in [2.24, 2.45) is 0 Å². The number of benzene rings is 1. The van der Waals surface area contributed by atoms with Gasteiger partial charge in [-0.2, -0.15) is 0 Å². The standard InChI is InChI=1S/C21H23N5S/c27-21-25-19(17-10-4-5-12-23-17)20(18-11-6-13-24-18)26(21)15-7-14-22-16-8-2-1-3-9-16/h1-6,8-13,19-20,22,24H,7,14-15H2,(H,25,27)/t19-,20-/m1/s1. The fourth-order valence-electron chi connectivity index (χ4n) is 3.55. The summed E-state index contributed by atoms with van der Waals surface area (Å²) in [6.07, 6.45) is 4.78. The molecule has 0 radical (unpaired) electrons. The quantitative estimate of drug-likeness (QED) is 0.431. The van der Waals surface area contributed by atoms with Gasteiger partial charge in [-0.15, -0.1) is 0 Å². The Morgan fingerprint density at radius 2 is 1.89 bits per heavy atom.